The normalized spacial score (nSPS) is 32.9. The van der Waals surface area contributed by atoms with E-state index in [1.54, 1.807) is 7.11 Å². The van der Waals surface area contributed by atoms with Gasteiger partial charge in [-0.3, -0.25) is 0 Å². The van der Waals surface area contributed by atoms with E-state index in [9.17, 15) is 0 Å². The molecule has 0 spiro atoms. The van der Waals surface area contributed by atoms with Gasteiger partial charge >= 0.3 is 0 Å². The Hall–Kier alpha value is -1.02. The van der Waals surface area contributed by atoms with Crippen LogP contribution < -0.4 is 10.1 Å². The molecule has 110 valence electrons. The molecule has 2 aliphatic rings. The molecule has 0 radical (unpaired) electrons. The van der Waals surface area contributed by atoms with Gasteiger partial charge in [-0.05, 0) is 61.3 Å². The number of hydrogen-bond donors (Lipinski definition) is 1. The number of nitrogens with one attached hydrogen (secondary N) is 1. The lowest BCUT2D eigenvalue weighted by atomic mass is 9.75. The van der Waals surface area contributed by atoms with Crippen LogP contribution in [-0.4, -0.2) is 19.7 Å². The van der Waals surface area contributed by atoms with Crippen molar-refractivity contribution in [3.05, 3.63) is 29.8 Å². The second kappa shape index (κ2) is 6.17. The minimum absolute atomic E-state index is 0.745. The highest BCUT2D eigenvalue weighted by atomic mass is 16.5. The van der Waals surface area contributed by atoms with Crippen molar-refractivity contribution in [1.82, 2.24) is 5.32 Å². The standard InChI is InChI=1S/C18H27NO/c1-13-4-3-5-15(13)12-19-17-10-16(11-17)14-6-8-18(20-2)9-7-14/h6-9,13,15-17,19H,3-5,10-12H2,1-2H3. The maximum absolute atomic E-state index is 5.21. The molecule has 2 atom stereocenters. The smallest absolute Gasteiger partial charge is 0.118 e. The molecule has 2 fully saturated rings. The van der Waals surface area contributed by atoms with E-state index in [0.717, 1.165) is 29.5 Å². The lowest BCUT2D eigenvalue weighted by Gasteiger charge is -2.37. The van der Waals surface area contributed by atoms with E-state index in [2.05, 4.69) is 36.5 Å². The second-order valence-corrected chi connectivity index (χ2v) is 6.71. The number of methoxy groups -OCH3 is 1. The molecule has 0 aromatic heterocycles. The lowest BCUT2D eigenvalue weighted by molar-refractivity contribution is 0.264. The predicted molar refractivity (Wildman–Crippen MR) is 83.3 cm³/mol. The van der Waals surface area contributed by atoms with Gasteiger partial charge in [-0.15, -0.1) is 0 Å². The largest absolute Gasteiger partial charge is 0.497 e. The van der Waals surface area contributed by atoms with Crippen molar-refractivity contribution < 1.29 is 4.74 Å². The zero-order chi connectivity index (χ0) is 13.9. The van der Waals surface area contributed by atoms with E-state index >= 15 is 0 Å². The van der Waals surface area contributed by atoms with E-state index in [1.165, 1.54) is 44.2 Å². The fourth-order valence-corrected chi connectivity index (χ4v) is 3.78. The van der Waals surface area contributed by atoms with Crippen LogP contribution in [0.25, 0.3) is 0 Å². The number of rotatable bonds is 5. The van der Waals surface area contributed by atoms with Gasteiger partial charge in [0.15, 0.2) is 0 Å². The van der Waals surface area contributed by atoms with Gasteiger partial charge in [-0.1, -0.05) is 31.9 Å². The topological polar surface area (TPSA) is 21.3 Å². The summed E-state index contributed by atoms with van der Waals surface area (Å²) in [6.45, 7) is 3.65. The Morgan fingerprint density at radius 3 is 2.50 bits per heavy atom. The van der Waals surface area contributed by atoms with Crippen molar-refractivity contribution in [2.45, 2.75) is 51.0 Å². The zero-order valence-electron chi connectivity index (χ0n) is 12.8. The number of ether oxygens (including phenoxy) is 1. The van der Waals surface area contributed by atoms with Gasteiger partial charge in [-0.2, -0.15) is 0 Å². The fraction of sp³-hybridized carbons (Fsp3) is 0.667. The molecule has 2 saturated carbocycles. The number of hydrogen-bond acceptors (Lipinski definition) is 2. The molecule has 0 saturated heterocycles. The summed E-state index contributed by atoms with van der Waals surface area (Å²) in [6.07, 6.45) is 6.90. The quantitative estimate of drug-likeness (QED) is 0.876. The molecule has 2 nitrogen and oxygen atoms in total. The summed E-state index contributed by atoms with van der Waals surface area (Å²) < 4.78 is 5.21. The average Bonchev–Trinajstić information content (AvgIpc) is 2.83. The highest BCUT2D eigenvalue weighted by molar-refractivity contribution is 5.30. The molecule has 2 aliphatic carbocycles. The summed E-state index contributed by atoms with van der Waals surface area (Å²) in [5.41, 5.74) is 1.47. The minimum atomic E-state index is 0.745. The van der Waals surface area contributed by atoms with E-state index in [4.69, 9.17) is 4.74 Å². The molecule has 0 aliphatic heterocycles. The molecular weight excluding hydrogens is 246 g/mol. The van der Waals surface area contributed by atoms with Gasteiger partial charge in [0, 0.05) is 6.04 Å². The summed E-state index contributed by atoms with van der Waals surface area (Å²) in [5.74, 6) is 3.56. The zero-order valence-corrected chi connectivity index (χ0v) is 12.8. The van der Waals surface area contributed by atoms with Crippen LogP contribution in [-0.2, 0) is 0 Å². The van der Waals surface area contributed by atoms with E-state index < -0.39 is 0 Å². The van der Waals surface area contributed by atoms with Crippen LogP contribution in [0.15, 0.2) is 24.3 Å². The van der Waals surface area contributed by atoms with Crippen LogP contribution in [0.3, 0.4) is 0 Å². The third kappa shape index (κ3) is 3.01. The summed E-state index contributed by atoms with van der Waals surface area (Å²) in [6, 6.07) is 9.35. The first-order valence-electron chi connectivity index (χ1n) is 8.13. The Morgan fingerprint density at radius 2 is 1.90 bits per heavy atom. The SMILES string of the molecule is COc1ccc(C2CC(NCC3CCCC3C)C2)cc1. The minimum Gasteiger partial charge on any atom is -0.497 e. The predicted octanol–water partition coefficient (Wildman–Crippen LogP) is 3.97. The maximum Gasteiger partial charge on any atom is 0.118 e. The monoisotopic (exact) mass is 273 g/mol. The van der Waals surface area contributed by atoms with Gasteiger partial charge in [0.25, 0.3) is 0 Å². The maximum atomic E-state index is 5.21. The van der Waals surface area contributed by atoms with Crippen molar-refractivity contribution >= 4 is 0 Å². The van der Waals surface area contributed by atoms with Crippen molar-refractivity contribution in [2.24, 2.45) is 11.8 Å². The second-order valence-electron chi connectivity index (χ2n) is 6.71. The highest BCUT2D eigenvalue weighted by Crippen LogP contribution is 2.38. The van der Waals surface area contributed by atoms with Crippen LogP contribution in [0.4, 0.5) is 0 Å². The third-order valence-corrected chi connectivity index (χ3v) is 5.43. The van der Waals surface area contributed by atoms with Crippen LogP contribution >= 0.6 is 0 Å². The summed E-state index contributed by atoms with van der Waals surface area (Å²) in [5, 5.41) is 3.79. The molecule has 0 amide bonds. The first-order valence-corrected chi connectivity index (χ1v) is 8.13. The molecular formula is C18H27NO. The van der Waals surface area contributed by atoms with Crippen LogP contribution in [0, 0.1) is 11.8 Å². The molecule has 1 aromatic rings. The van der Waals surface area contributed by atoms with Gasteiger partial charge < -0.3 is 10.1 Å². The van der Waals surface area contributed by atoms with Crippen LogP contribution in [0.1, 0.15) is 50.5 Å². The molecule has 2 heteroatoms. The van der Waals surface area contributed by atoms with Crippen molar-refractivity contribution in [3.8, 4) is 5.75 Å². The Kier molecular flexibility index (Phi) is 4.30. The fourth-order valence-electron chi connectivity index (χ4n) is 3.78. The van der Waals surface area contributed by atoms with Gasteiger partial charge in [0.1, 0.15) is 5.75 Å². The van der Waals surface area contributed by atoms with Gasteiger partial charge in [0.05, 0.1) is 7.11 Å². The highest BCUT2D eigenvalue weighted by Gasteiger charge is 2.31. The Balaban J connectivity index is 1.41. The lowest BCUT2D eigenvalue weighted by Crippen LogP contribution is -2.42. The summed E-state index contributed by atoms with van der Waals surface area (Å²) in [7, 11) is 1.72. The Bertz CT molecular complexity index is 422. The molecule has 20 heavy (non-hydrogen) atoms. The molecule has 2 unspecified atom stereocenters. The third-order valence-electron chi connectivity index (χ3n) is 5.43. The van der Waals surface area contributed by atoms with Crippen molar-refractivity contribution in [1.29, 1.82) is 0 Å². The first kappa shape index (κ1) is 13.9. The van der Waals surface area contributed by atoms with Gasteiger partial charge in [-0.25, -0.2) is 0 Å². The van der Waals surface area contributed by atoms with Crippen LogP contribution in [0.5, 0.6) is 5.75 Å². The molecule has 0 heterocycles. The average molecular weight is 273 g/mol. The molecule has 1 aromatic carbocycles. The van der Waals surface area contributed by atoms with E-state index in [1.807, 2.05) is 0 Å². The van der Waals surface area contributed by atoms with E-state index in [-0.39, 0.29) is 0 Å². The number of benzene rings is 1. The Labute approximate surface area is 122 Å². The molecule has 3 rings (SSSR count). The van der Waals surface area contributed by atoms with Crippen molar-refractivity contribution in [2.75, 3.05) is 13.7 Å². The van der Waals surface area contributed by atoms with E-state index in [0.29, 0.717) is 0 Å². The van der Waals surface area contributed by atoms with Crippen molar-refractivity contribution in [3.63, 3.8) is 0 Å². The first-order chi connectivity index (χ1) is 9.76. The summed E-state index contributed by atoms with van der Waals surface area (Å²) >= 11 is 0. The Morgan fingerprint density at radius 1 is 1.15 bits per heavy atom. The molecule has 1 N–H and O–H groups in total. The summed E-state index contributed by atoms with van der Waals surface area (Å²) in [4.78, 5) is 0. The molecule has 0 bridgehead atoms. The van der Waals surface area contributed by atoms with Crippen LogP contribution in [0.2, 0.25) is 0 Å². The van der Waals surface area contributed by atoms with Gasteiger partial charge in [0.2, 0.25) is 0 Å².